The first-order valence-electron chi connectivity index (χ1n) is 12.4. The number of nitrogens with one attached hydrogen (secondary N) is 1. The van der Waals surface area contributed by atoms with Crippen molar-refractivity contribution in [3.8, 4) is 0 Å². The third-order valence-electron chi connectivity index (χ3n) is 6.42. The molecule has 0 unspecified atom stereocenters. The molecule has 0 fully saturated rings. The summed E-state index contributed by atoms with van der Waals surface area (Å²) in [7, 11) is 0. The van der Waals surface area contributed by atoms with E-state index in [1.807, 2.05) is 44.2 Å². The molecule has 2 aromatic carbocycles. The van der Waals surface area contributed by atoms with Crippen LogP contribution < -0.4 is 27.4 Å². The zero-order valence-corrected chi connectivity index (χ0v) is 22.3. The second kappa shape index (κ2) is 11.5. The fourth-order valence-corrected chi connectivity index (χ4v) is 5.20. The number of benzene rings is 2. The molecule has 198 valence electrons. The molecule has 1 amide bonds. The molecule has 0 radical (unpaired) electrons. The number of rotatable bonds is 9. The Morgan fingerprint density at radius 1 is 1.08 bits per heavy atom. The second-order valence-electron chi connectivity index (χ2n) is 8.84. The number of hydrogen-bond acceptors (Lipinski definition) is 7. The Bertz CT molecular complexity index is 1640. The van der Waals surface area contributed by atoms with E-state index in [4.69, 9.17) is 5.73 Å². The highest BCUT2D eigenvalue weighted by Gasteiger charge is 2.24. The van der Waals surface area contributed by atoms with Crippen molar-refractivity contribution in [2.75, 3.05) is 22.9 Å². The Hall–Kier alpha value is -4.12. The van der Waals surface area contributed by atoms with Gasteiger partial charge in [-0.2, -0.15) is 0 Å². The summed E-state index contributed by atoms with van der Waals surface area (Å²) in [5.74, 6) is -0.591. The van der Waals surface area contributed by atoms with E-state index in [1.165, 1.54) is 9.47 Å². The maximum atomic E-state index is 13.4. The summed E-state index contributed by atoms with van der Waals surface area (Å²) in [5.41, 5.74) is 6.02. The van der Waals surface area contributed by atoms with Crippen LogP contribution in [0.1, 0.15) is 38.8 Å². The van der Waals surface area contributed by atoms with E-state index in [2.05, 4.69) is 9.97 Å². The summed E-state index contributed by atoms with van der Waals surface area (Å²) in [6, 6.07) is 16.2. The highest BCUT2D eigenvalue weighted by Crippen LogP contribution is 2.24. The molecule has 0 saturated heterocycles. The molecular formula is C27H30N6O4S. The number of carbonyl (C=O) groups excluding carboxylic acids is 1. The van der Waals surface area contributed by atoms with Gasteiger partial charge in [-0.05, 0) is 38.0 Å². The number of aromatic nitrogens is 4. The molecule has 38 heavy (non-hydrogen) atoms. The highest BCUT2D eigenvalue weighted by atomic mass is 32.2. The van der Waals surface area contributed by atoms with Gasteiger partial charge in [-0.3, -0.25) is 28.5 Å². The average Bonchev–Trinajstić information content (AvgIpc) is 2.92. The van der Waals surface area contributed by atoms with Crippen LogP contribution in [-0.2, 0) is 11.3 Å². The van der Waals surface area contributed by atoms with Crippen molar-refractivity contribution in [2.45, 2.75) is 44.9 Å². The summed E-state index contributed by atoms with van der Waals surface area (Å²) in [4.78, 5) is 60.2. The molecule has 4 aromatic rings. The van der Waals surface area contributed by atoms with Gasteiger partial charge in [0.05, 0.1) is 23.2 Å². The Kier molecular flexibility index (Phi) is 8.16. The lowest BCUT2D eigenvalue weighted by Crippen LogP contribution is -2.42. The van der Waals surface area contributed by atoms with E-state index in [1.54, 1.807) is 35.8 Å². The van der Waals surface area contributed by atoms with Crippen LogP contribution >= 0.6 is 11.8 Å². The van der Waals surface area contributed by atoms with Gasteiger partial charge in [0, 0.05) is 12.6 Å². The third-order valence-corrected chi connectivity index (χ3v) is 7.35. The molecule has 1 atom stereocenters. The number of hydrogen-bond donors (Lipinski definition) is 2. The fourth-order valence-electron chi connectivity index (χ4n) is 4.22. The highest BCUT2D eigenvalue weighted by molar-refractivity contribution is 7.99. The van der Waals surface area contributed by atoms with Crippen LogP contribution in [0.15, 0.2) is 74.1 Å². The first-order chi connectivity index (χ1) is 18.3. The van der Waals surface area contributed by atoms with Crippen LogP contribution in [0, 0.1) is 0 Å². The van der Waals surface area contributed by atoms with Gasteiger partial charge in [-0.25, -0.2) is 9.78 Å². The lowest BCUT2D eigenvalue weighted by Gasteiger charge is -2.23. The monoisotopic (exact) mass is 534 g/mol. The smallest absolute Gasteiger partial charge is 0.330 e. The standard InChI is InChI=1S/C27H30N6O4S/c1-4-17(3)33-25(36)19-13-9-10-14-20(19)29-27(33)38-16-21(34)31(5-2)22-23(28)32(26(37)30-24(22)35)15-18-11-7-6-8-12-18/h6-14,17H,4-5,15-16,28H2,1-3H3,(H,30,35,37)/t17-/m0/s1. The molecule has 0 aliphatic rings. The molecule has 4 rings (SSSR count). The number of para-hydroxylation sites is 1. The van der Waals surface area contributed by atoms with Gasteiger partial charge in [0.1, 0.15) is 5.82 Å². The van der Waals surface area contributed by atoms with Crippen LogP contribution in [0.2, 0.25) is 0 Å². The predicted octanol–water partition coefficient (Wildman–Crippen LogP) is 2.99. The minimum atomic E-state index is -0.739. The second-order valence-corrected chi connectivity index (χ2v) is 9.78. The quantitative estimate of drug-likeness (QED) is 0.249. The lowest BCUT2D eigenvalue weighted by molar-refractivity contribution is -0.116. The topological polar surface area (TPSA) is 136 Å². The number of anilines is 2. The van der Waals surface area contributed by atoms with E-state index in [9.17, 15) is 19.2 Å². The molecule has 0 saturated carbocycles. The van der Waals surface area contributed by atoms with E-state index >= 15 is 0 Å². The largest absolute Gasteiger partial charge is 0.383 e. The van der Waals surface area contributed by atoms with Gasteiger partial charge in [-0.1, -0.05) is 61.2 Å². The van der Waals surface area contributed by atoms with Gasteiger partial charge in [-0.15, -0.1) is 0 Å². The van der Waals surface area contributed by atoms with Gasteiger partial charge < -0.3 is 10.6 Å². The number of fused-ring (bicyclic) bond motifs is 1. The van der Waals surface area contributed by atoms with Gasteiger partial charge in [0.25, 0.3) is 11.1 Å². The molecule has 2 aromatic heterocycles. The number of aromatic amines is 1. The molecule has 0 aliphatic carbocycles. The Balaban J connectivity index is 1.67. The summed E-state index contributed by atoms with van der Waals surface area (Å²) in [5, 5.41) is 0.932. The van der Waals surface area contributed by atoms with Crippen LogP contribution in [0.3, 0.4) is 0 Å². The van der Waals surface area contributed by atoms with E-state index < -0.39 is 17.2 Å². The molecule has 0 aliphatic heterocycles. The summed E-state index contributed by atoms with van der Waals surface area (Å²) in [6.07, 6.45) is 0.706. The van der Waals surface area contributed by atoms with Crippen molar-refractivity contribution in [2.24, 2.45) is 0 Å². The molecule has 10 nitrogen and oxygen atoms in total. The van der Waals surface area contributed by atoms with E-state index in [0.29, 0.717) is 22.5 Å². The SMILES string of the molecule is CC[C@H](C)n1c(SCC(=O)N(CC)c2c(N)n(Cc3ccccc3)c(=O)[nH]c2=O)nc2ccccc2c1=O. The Morgan fingerprint density at radius 2 is 1.76 bits per heavy atom. The van der Waals surface area contributed by atoms with E-state index in [0.717, 1.165) is 17.3 Å². The summed E-state index contributed by atoms with van der Waals surface area (Å²) >= 11 is 1.13. The molecule has 3 N–H and O–H groups in total. The number of nitrogens with zero attached hydrogens (tertiary/aromatic N) is 4. The Morgan fingerprint density at radius 3 is 2.45 bits per heavy atom. The molecule has 11 heteroatoms. The molecule has 2 heterocycles. The van der Waals surface area contributed by atoms with Crippen LogP contribution in [0.25, 0.3) is 10.9 Å². The van der Waals surface area contributed by atoms with Crippen LogP contribution in [0.4, 0.5) is 11.5 Å². The zero-order valence-electron chi connectivity index (χ0n) is 21.5. The number of thioether (sulfide) groups is 1. The van der Waals surface area contributed by atoms with Crippen molar-refractivity contribution in [1.29, 1.82) is 0 Å². The molecular weight excluding hydrogens is 504 g/mol. The maximum absolute atomic E-state index is 13.4. The van der Waals surface area contributed by atoms with Gasteiger partial charge in [0.2, 0.25) is 5.91 Å². The first kappa shape index (κ1) is 26.9. The number of nitrogen functional groups attached to an aromatic ring is 1. The van der Waals surface area contributed by atoms with Crippen LogP contribution in [-0.4, -0.2) is 37.3 Å². The summed E-state index contributed by atoms with van der Waals surface area (Å²) in [6.45, 7) is 5.91. The lowest BCUT2D eigenvalue weighted by atomic mass is 10.2. The normalized spacial score (nSPS) is 12.0. The zero-order chi connectivity index (χ0) is 27.4. The van der Waals surface area contributed by atoms with Crippen molar-refractivity contribution < 1.29 is 4.79 Å². The molecule has 0 bridgehead atoms. The first-order valence-corrected chi connectivity index (χ1v) is 13.4. The van der Waals surface area contributed by atoms with Crippen LogP contribution in [0.5, 0.6) is 0 Å². The predicted molar refractivity (Wildman–Crippen MR) is 151 cm³/mol. The number of H-pyrrole nitrogens is 1. The minimum Gasteiger partial charge on any atom is -0.383 e. The van der Waals surface area contributed by atoms with Crippen molar-refractivity contribution in [1.82, 2.24) is 19.1 Å². The van der Waals surface area contributed by atoms with Gasteiger partial charge in [0.15, 0.2) is 10.8 Å². The summed E-state index contributed by atoms with van der Waals surface area (Å²) < 4.78 is 2.85. The molecule has 0 spiro atoms. The van der Waals surface area contributed by atoms with Gasteiger partial charge >= 0.3 is 5.69 Å². The van der Waals surface area contributed by atoms with Crippen molar-refractivity contribution >= 4 is 40.1 Å². The maximum Gasteiger partial charge on any atom is 0.330 e. The fraction of sp³-hybridized carbons (Fsp3) is 0.296. The van der Waals surface area contributed by atoms with Crippen molar-refractivity contribution in [3.63, 3.8) is 0 Å². The minimum absolute atomic E-state index is 0.0839. The number of carbonyl (C=O) groups is 1. The Labute approximate surface area is 223 Å². The third kappa shape index (κ3) is 5.28. The van der Waals surface area contributed by atoms with Crippen molar-refractivity contribution in [3.05, 3.63) is 91.4 Å². The number of amides is 1. The van der Waals surface area contributed by atoms with E-state index in [-0.39, 0.29) is 41.9 Å². The number of nitrogens with two attached hydrogens (primary N) is 1. The average molecular weight is 535 g/mol.